The maximum Gasteiger partial charge on any atom is 0.244 e. The van der Waals surface area contributed by atoms with Crippen LogP contribution in [0, 0.1) is 10.9 Å². The number of anilines is 1. The molecule has 2 aromatic carbocycles. The van der Waals surface area contributed by atoms with E-state index in [1.54, 1.807) is 18.2 Å². The van der Waals surface area contributed by atoms with E-state index in [2.05, 4.69) is 5.32 Å². The minimum Gasteiger partial charge on any atom is -0.454 e. The van der Waals surface area contributed by atoms with Gasteiger partial charge in [-0.2, -0.15) is 0 Å². The summed E-state index contributed by atoms with van der Waals surface area (Å²) in [6.45, 7) is 2.40. The van der Waals surface area contributed by atoms with Crippen LogP contribution in [0.25, 0.3) is 11.3 Å². The summed E-state index contributed by atoms with van der Waals surface area (Å²) in [5, 5.41) is 4.87. The molecule has 132 valence electrons. The van der Waals surface area contributed by atoms with Gasteiger partial charge in [-0.25, -0.2) is 0 Å². The van der Waals surface area contributed by atoms with Crippen LogP contribution in [-0.2, 0) is 11.3 Å². The number of carbonyl (C=O) groups is 1. The summed E-state index contributed by atoms with van der Waals surface area (Å²) >= 11 is 6.87. The fraction of sp³-hybridized carbons (Fsp3) is 0.158. The van der Waals surface area contributed by atoms with Crippen LogP contribution in [0.4, 0.5) is 5.69 Å². The maximum absolute atomic E-state index is 12.5. The largest absolute Gasteiger partial charge is 0.454 e. The zero-order valence-corrected chi connectivity index (χ0v) is 15.7. The molecule has 4 rings (SSSR count). The van der Waals surface area contributed by atoms with E-state index in [9.17, 15) is 4.79 Å². The molecular weight excluding hydrogens is 368 g/mol. The van der Waals surface area contributed by atoms with Crippen LogP contribution in [0.2, 0.25) is 0 Å². The van der Waals surface area contributed by atoms with E-state index in [4.69, 9.17) is 21.7 Å². The third-order valence-electron chi connectivity index (χ3n) is 4.09. The van der Waals surface area contributed by atoms with Crippen molar-refractivity contribution in [3.63, 3.8) is 0 Å². The number of hydrogen-bond donors (Lipinski definition) is 1. The van der Waals surface area contributed by atoms with Gasteiger partial charge in [-0.1, -0.05) is 29.8 Å². The first-order valence-corrected chi connectivity index (χ1v) is 9.34. The third kappa shape index (κ3) is 3.36. The normalized spacial score (nSPS) is 12.2. The van der Waals surface area contributed by atoms with Gasteiger partial charge in [0.05, 0.1) is 5.69 Å². The van der Waals surface area contributed by atoms with Crippen molar-refractivity contribution >= 4 is 35.1 Å². The topological polar surface area (TPSA) is 52.5 Å². The van der Waals surface area contributed by atoms with Gasteiger partial charge in [-0.3, -0.25) is 4.79 Å². The van der Waals surface area contributed by atoms with Crippen molar-refractivity contribution < 1.29 is 14.3 Å². The second-order valence-corrected chi connectivity index (χ2v) is 7.46. The molecule has 0 unspecified atom stereocenters. The molecule has 26 heavy (non-hydrogen) atoms. The Bertz CT molecular complexity index is 1020. The average molecular weight is 384 g/mol. The van der Waals surface area contributed by atoms with Gasteiger partial charge in [0.1, 0.15) is 6.54 Å². The van der Waals surface area contributed by atoms with Gasteiger partial charge >= 0.3 is 0 Å². The highest BCUT2D eigenvalue weighted by Crippen LogP contribution is 2.34. The second-order valence-electron chi connectivity index (χ2n) is 5.96. The SMILES string of the molecule is Cc1ccc(-c2csc(=S)n2CC(=O)Nc2ccc3c(c2)OCO3)cc1. The van der Waals surface area contributed by atoms with Gasteiger partial charge in [-0.05, 0) is 36.8 Å². The molecule has 0 fully saturated rings. The fourth-order valence-corrected chi connectivity index (χ4v) is 3.82. The summed E-state index contributed by atoms with van der Waals surface area (Å²) in [5.74, 6) is 1.17. The number of amides is 1. The van der Waals surface area contributed by atoms with Gasteiger partial charge < -0.3 is 19.4 Å². The first-order valence-electron chi connectivity index (χ1n) is 8.05. The van der Waals surface area contributed by atoms with E-state index >= 15 is 0 Å². The van der Waals surface area contributed by atoms with Gasteiger partial charge in [0.15, 0.2) is 15.5 Å². The Morgan fingerprint density at radius 2 is 1.96 bits per heavy atom. The fourth-order valence-electron chi connectivity index (χ4n) is 2.75. The van der Waals surface area contributed by atoms with Crippen LogP contribution >= 0.6 is 23.6 Å². The van der Waals surface area contributed by atoms with Crippen molar-refractivity contribution in [1.82, 2.24) is 4.57 Å². The molecule has 2 heterocycles. The van der Waals surface area contributed by atoms with Crippen LogP contribution in [0.1, 0.15) is 5.56 Å². The number of ether oxygens (including phenoxy) is 2. The Hall–Kier alpha value is -2.64. The van der Waals surface area contributed by atoms with Crippen molar-refractivity contribution in [1.29, 1.82) is 0 Å². The molecule has 0 saturated heterocycles. The Balaban J connectivity index is 1.54. The third-order valence-corrected chi connectivity index (χ3v) is 5.36. The number of carbonyl (C=O) groups excluding carboxylic acids is 1. The highest BCUT2D eigenvalue weighted by molar-refractivity contribution is 7.73. The predicted molar refractivity (Wildman–Crippen MR) is 105 cm³/mol. The maximum atomic E-state index is 12.5. The van der Waals surface area contributed by atoms with Crippen LogP contribution in [0.15, 0.2) is 47.8 Å². The minimum absolute atomic E-state index is 0.147. The van der Waals surface area contributed by atoms with E-state index < -0.39 is 0 Å². The zero-order chi connectivity index (χ0) is 18.1. The van der Waals surface area contributed by atoms with E-state index in [1.807, 2.05) is 41.1 Å². The molecule has 1 aromatic heterocycles. The molecule has 0 spiro atoms. The number of aryl methyl sites for hydroxylation is 1. The Kier molecular flexibility index (Phi) is 4.48. The van der Waals surface area contributed by atoms with Crippen molar-refractivity contribution in [2.75, 3.05) is 12.1 Å². The van der Waals surface area contributed by atoms with Crippen molar-refractivity contribution in [3.8, 4) is 22.8 Å². The lowest BCUT2D eigenvalue weighted by Gasteiger charge is -2.10. The number of fused-ring (bicyclic) bond motifs is 1. The molecule has 0 bridgehead atoms. The van der Waals surface area contributed by atoms with E-state index in [0.717, 1.165) is 11.3 Å². The number of benzene rings is 2. The molecule has 1 N–H and O–H groups in total. The molecule has 0 atom stereocenters. The molecule has 0 saturated carbocycles. The van der Waals surface area contributed by atoms with Gasteiger partial charge in [0.2, 0.25) is 12.7 Å². The van der Waals surface area contributed by atoms with Gasteiger partial charge in [0.25, 0.3) is 0 Å². The number of thiazole rings is 1. The first-order chi connectivity index (χ1) is 12.6. The Labute approximate surface area is 159 Å². The molecular formula is C19H16N2O3S2. The predicted octanol–water partition coefficient (Wildman–Crippen LogP) is 4.62. The summed E-state index contributed by atoms with van der Waals surface area (Å²) in [6.07, 6.45) is 0. The number of rotatable bonds is 4. The lowest BCUT2D eigenvalue weighted by Crippen LogP contribution is -2.19. The quantitative estimate of drug-likeness (QED) is 0.667. The molecule has 1 aliphatic heterocycles. The second kappa shape index (κ2) is 6.93. The average Bonchev–Trinajstić information content (AvgIpc) is 3.23. The standard InChI is InChI=1S/C19H16N2O3S2/c1-12-2-4-13(5-3-12)15-10-26-19(25)21(15)9-18(22)20-14-6-7-16-17(8-14)24-11-23-16/h2-8,10H,9,11H2,1H3,(H,20,22). The molecule has 7 heteroatoms. The number of nitrogens with one attached hydrogen (secondary N) is 1. The molecule has 1 aliphatic rings. The smallest absolute Gasteiger partial charge is 0.244 e. The Morgan fingerprint density at radius 3 is 2.77 bits per heavy atom. The molecule has 5 nitrogen and oxygen atoms in total. The summed E-state index contributed by atoms with van der Waals surface area (Å²) < 4.78 is 13.1. The summed E-state index contributed by atoms with van der Waals surface area (Å²) in [5.41, 5.74) is 3.84. The van der Waals surface area contributed by atoms with Crippen LogP contribution < -0.4 is 14.8 Å². The highest BCUT2D eigenvalue weighted by atomic mass is 32.1. The van der Waals surface area contributed by atoms with Crippen LogP contribution in [-0.4, -0.2) is 17.3 Å². The van der Waals surface area contributed by atoms with Crippen molar-refractivity contribution in [3.05, 3.63) is 57.4 Å². The monoisotopic (exact) mass is 384 g/mol. The zero-order valence-electron chi connectivity index (χ0n) is 14.0. The molecule has 1 amide bonds. The number of aromatic nitrogens is 1. The summed E-state index contributed by atoms with van der Waals surface area (Å²) in [7, 11) is 0. The number of hydrogen-bond acceptors (Lipinski definition) is 5. The minimum atomic E-state index is -0.147. The van der Waals surface area contributed by atoms with Crippen molar-refractivity contribution in [2.24, 2.45) is 0 Å². The van der Waals surface area contributed by atoms with E-state index in [-0.39, 0.29) is 19.2 Å². The van der Waals surface area contributed by atoms with Crippen LogP contribution in [0.3, 0.4) is 0 Å². The molecule has 0 aliphatic carbocycles. The lowest BCUT2D eigenvalue weighted by atomic mass is 10.1. The van der Waals surface area contributed by atoms with Crippen LogP contribution in [0.5, 0.6) is 11.5 Å². The highest BCUT2D eigenvalue weighted by Gasteiger charge is 2.15. The van der Waals surface area contributed by atoms with E-state index in [0.29, 0.717) is 21.1 Å². The van der Waals surface area contributed by atoms with Gasteiger partial charge in [-0.15, -0.1) is 11.3 Å². The van der Waals surface area contributed by atoms with E-state index in [1.165, 1.54) is 16.9 Å². The van der Waals surface area contributed by atoms with Gasteiger partial charge in [0, 0.05) is 17.1 Å². The van der Waals surface area contributed by atoms with Crippen molar-refractivity contribution in [2.45, 2.75) is 13.5 Å². The summed E-state index contributed by atoms with van der Waals surface area (Å²) in [6, 6.07) is 13.5. The summed E-state index contributed by atoms with van der Waals surface area (Å²) in [4.78, 5) is 12.5. The lowest BCUT2D eigenvalue weighted by molar-refractivity contribution is -0.116. The Morgan fingerprint density at radius 1 is 1.19 bits per heavy atom. The molecule has 3 aromatic rings. The number of nitrogens with zero attached hydrogens (tertiary/aromatic N) is 1. The first kappa shape index (κ1) is 16.8. The molecule has 0 radical (unpaired) electrons.